The molecule has 2 saturated heterocycles. The third-order valence-electron chi connectivity index (χ3n) is 16.3. The molecule has 2 fully saturated rings. The van der Waals surface area contributed by atoms with Crippen LogP contribution in [-0.2, 0) is 100 Å². The first kappa shape index (κ1) is 92.6. The molecule has 29 N–H and O–H groups in total. The maximum absolute atomic E-state index is 13.9. The zero-order valence-electron chi connectivity index (χ0n) is 59.5. The Bertz CT molecular complexity index is 3080. The smallest absolute Gasteiger partial charge is 0.325 e. The fraction of sp³-hybridized carbons (Fsp3) is 0.721. The lowest BCUT2D eigenvalue weighted by molar-refractivity contribution is -0.333. The molecule has 106 heavy (non-hydrogen) atoms. The first-order valence-electron chi connectivity index (χ1n) is 33.7. The number of carbonyl (C=O) groups is 17. The van der Waals surface area contributed by atoms with Gasteiger partial charge in [-0.1, -0.05) is 0 Å². The van der Waals surface area contributed by atoms with Crippen molar-refractivity contribution < 1.29 is 136 Å². The molecule has 0 aromatic heterocycles. The first-order valence-corrected chi connectivity index (χ1v) is 33.7. The molecule has 0 aromatic carbocycles. The van der Waals surface area contributed by atoms with E-state index < -0.39 is 274 Å². The van der Waals surface area contributed by atoms with Gasteiger partial charge in [0.1, 0.15) is 109 Å². The summed E-state index contributed by atoms with van der Waals surface area (Å²) in [7, 11) is 0. The number of ether oxygens (including phenoxy) is 4. The highest BCUT2D eigenvalue weighted by Crippen LogP contribution is 2.31. The van der Waals surface area contributed by atoms with E-state index in [1.54, 1.807) is 0 Å². The molecular formula is C61H103N17O28. The standard InChI is InChI=1S/C61H103N17O28/c1-24(62)52(92)76-32(49(64)89)14-16-39(83)75-35(57(97)71-27(4)58(98)99)13-9-11-19-68-42(86)21-36(51(66)91)78-54(94)26(3)70-56(96)34(12-8-10-18-67-41(85)20-31(63)59(100)101)74-40(84)17-15-33(50(65)90)77-53(93)25(2)69-55(95)28(5)103-48-44(73-30(7)82)60(102)104-38(23-80)47(48)106-61-43(72-29(6)81)46(88)45(87)37(22-79)105-61/h24-28,31-38,43-48,60-61,79-80,87-88,102H,8-23,62-63H2,1-7H3,(H2,64,89)(H2,65,90)(H2,66,91)(H,67,85)(H,68,86)(H,69,95)(H,70,96)(H,71,97)(H,72,81)(H,73,82)(H,74,84)(H,75,83)(H,76,92)(H,77,93)(H,78,94)(H,98,99)(H,100,101). The molecular weight excluding hydrogens is 1420 g/mol. The molecule has 2 aliphatic rings. The number of hydrogen-bond donors (Lipinski definition) is 24. The minimum atomic E-state index is -1.96. The SMILES string of the molecule is CC(=O)NC1C(OC2C(CO)OC(O)C(NC(C)=O)C2OC(C)C(=O)NC(C)C(=O)NC(CCC(=O)NC(CCCCNC(=O)CC(N)C(=O)O)C(=O)NC(C)C(=O)NC(CC(=O)NCCCCC(NC(=O)CCC(NC(=O)C(C)N)C(N)=O)C(=O)NC(C)C(=O)O)C(N)=O)C(N)=O)OC(CO)C(O)C1O. The Morgan fingerprint density at radius 1 is 0.443 bits per heavy atom. The van der Waals surface area contributed by atoms with Crippen molar-refractivity contribution in [1.29, 1.82) is 0 Å². The van der Waals surface area contributed by atoms with Crippen molar-refractivity contribution in [2.45, 2.75) is 253 Å². The van der Waals surface area contributed by atoms with Crippen molar-refractivity contribution in [3.05, 3.63) is 0 Å². The Labute approximate surface area is 607 Å². The van der Waals surface area contributed by atoms with Crippen LogP contribution in [0.1, 0.15) is 126 Å². The molecule has 0 aliphatic carbocycles. The maximum atomic E-state index is 13.9. The molecule has 2 heterocycles. The summed E-state index contributed by atoms with van der Waals surface area (Å²) in [4.78, 5) is 216. The number of unbranched alkanes of at least 4 members (excludes halogenated alkanes) is 2. The Balaban J connectivity index is 2.21. The van der Waals surface area contributed by atoms with Gasteiger partial charge in [0.2, 0.25) is 88.6 Å². The van der Waals surface area contributed by atoms with E-state index >= 15 is 0 Å². The molecule has 600 valence electrons. The molecule has 2 rings (SSSR count). The molecule has 2 aliphatic heterocycles. The average Bonchev–Trinajstić information content (AvgIpc) is 0.773. The minimum absolute atomic E-state index is 0.0520. The predicted molar refractivity (Wildman–Crippen MR) is 359 cm³/mol. The van der Waals surface area contributed by atoms with Crippen LogP contribution >= 0.6 is 0 Å². The van der Waals surface area contributed by atoms with Crippen LogP contribution in [0.4, 0.5) is 0 Å². The fourth-order valence-electron chi connectivity index (χ4n) is 10.3. The lowest BCUT2D eigenvalue weighted by Crippen LogP contribution is -2.70. The van der Waals surface area contributed by atoms with Crippen LogP contribution in [0.5, 0.6) is 0 Å². The van der Waals surface area contributed by atoms with Gasteiger partial charge in [-0.05, 0) is 86.0 Å². The molecule has 0 aromatic rings. The Morgan fingerprint density at radius 3 is 1.31 bits per heavy atom. The molecule has 0 saturated carbocycles. The van der Waals surface area contributed by atoms with Crippen LogP contribution in [0.15, 0.2) is 0 Å². The number of aliphatic hydroxyl groups is 5. The topological polar surface area (TPSA) is 743 Å². The van der Waals surface area contributed by atoms with E-state index in [1.807, 2.05) is 0 Å². The van der Waals surface area contributed by atoms with Gasteiger partial charge in [0.05, 0.1) is 32.1 Å². The molecule has 21 unspecified atom stereocenters. The van der Waals surface area contributed by atoms with Crippen molar-refractivity contribution in [3.63, 3.8) is 0 Å². The Kier molecular flexibility index (Phi) is 40.0. The fourth-order valence-corrected chi connectivity index (χ4v) is 10.3. The third kappa shape index (κ3) is 32.1. The number of aliphatic hydroxyl groups excluding tert-OH is 5. The van der Waals surface area contributed by atoms with Crippen molar-refractivity contribution in [1.82, 2.24) is 63.8 Å². The van der Waals surface area contributed by atoms with Gasteiger partial charge >= 0.3 is 11.9 Å². The average molecular weight is 1520 g/mol. The van der Waals surface area contributed by atoms with Crippen molar-refractivity contribution in [2.75, 3.05) is 26.3 Å². The highest BCUT2D eigenvalue weighted by Gasteiger charge is 2.53. The summed E-state index contributed by atoms with van der Waals surface area (Å²) < 4.78 is 23.3. The van der Waals surface area contributed by atoms with E-state index in [9.17, 15) is 112 Å². The van der Waals surface area contributed by atoms with E-state index in [2.05, 4.69) is 63.8 Å². The zero-order chi connectivity index (χ0) is 80.6. The van der Waals surface area contributed by atoms with E-state index in [4.69, 9.17) is 52.7 Å². The molecule has 0 bridgehead atoms. The van der Waals surface area contributed by atoms with Gasteiger partial charge in [-0.25, -0.2) is 0 Å². The van der Waals surface area contributed by atoms with Crippen LogP contribution in [-0.4, -0.2) is 290 Å². The lowest BCUT2D eigenvalue weighted by Gasteiger charge is -2.48. The quantitative estimate of drug-likeness (QED) is 0.0252. The van der Waals surface area contributed by atoms with Crippen LogP contribution in [0, 0.1) is 0 Å². The second kappa shape index (κ2) is 45.8. The van der Waals surface area contributed by atoms with Gasteiger partial charge in [0, 0.05) is 39.8 Å². The normalized spacial score (nSPS) is 22.9. The van der Waals surface area contributed by atoms with E-state index in [1.165, 1.54) is 13.8 Å². The van der Waals surface area contributed by atoms with Crippen LogP contribution in [0.25, 0.3) is 0 Å². The van der Waals surface area contributed by atoms with Gasteiger partial charge in [0.15, 0.2) is 12.6 Å². The lowest BCUT2D eigenvalue weighted by atomic mass is 9.94. The number of carboxylic acids is 2. The van der Waals surface area contributed by atoms with Crippen molar-refractivity contribution in [3.8, 4) is 0 Å². The van der Waals surface area contributed by atoms with E-state index in [0.717, 1.165) is 34.6 Å². The number of carboxylic acid groups (broad SMARTS) is 2. The number of aliphatic carboxylic acids is 2. The van der Waals surface area contributed by atoms with Gasteiger partial charge < -0.3 is 147 Å². The highest BCUT2D eigenvalue weighted by molar-refractivity contribution is 5.97. The summed E-state index contributed by atoms with van der Waals surface area (Å²) >= 11 is 0. The number of carbonyl (C=O) groups excluding carboxylic acids is 15. The van der Waals surface area contributed by atoms with Gasteiger partial charge in [-0.3, -0.25) is 81.5 Å². The summed E-state index contributed by atoms with van der Waals surface area (Å²) in [6, 6.07) is -17.6. The second-order valence-corrected chi connectivity index (χ2v) is 25.3. The number of rotatable bonds is 47. The summed E-state index contributed by atoms with van der Waals surface area (Å²) in [5, 5.41) is 99.5. The third-order valence-corrected chi connectivity index (χ3v) is 16.3. The number of amides is 15. The first-order chi connectivity index (χ1) is 49.5. The largest absolute Gasteiger partial charge is 0.480 e. The molecule has 45 nitrogen and oxygen atoms in total. The highest BCUT2D eigenvalue weighted by atomic mass is 16.7. The maximum Gasteiger partial charge on any atom is 0.325 e. The summed E-state index contributed by atoms with van der Waals surface area (Å²) in [5.41, 5.74) is 27.4. The molecule has 21 atom stereocenters. The number of primary amides is 3. The zero-order valence-corrected chi connectivity index (χ0v) is 59.5. The predicted octanol–water partition coefficient (Wildman–Crippen LogP) is -12.5. The van der Waals surface area contributed by atoms with E-state index in [0.29, 0.717) is 0 Å². The molecule has 45 heteroatoms. The Hall–Kier alpha value is -9.45. The van der Waals surface area contributed by atoms with Crippen molar-refractivity contribution >= 4 is 101 Å². The summed E-state index contributed by atoms with van der Waals surface area (Å²) in [6.07, 6.45) is -18.6. The molecule has 0 radical (unpaired) electrons. The van der Waals surface area contributed by atoms with Crippen LogP contribution in [0.3, 0.4) is 0 Å². The number of nitrogens with one attached hydrogen (secondary N) is 12. The number of hydrogen-bond acceptors (Lipinski definition) is 28. The summed E-state index contributed by atoms with van der Waals surface area (Å²) in [5.74, 6) is -16.8. The van der Waals surface area contributed by atoms with Gasteiger partial charge in [-0.2, -0.15) is 0 Å². The van der Waals surface area contributed by atoms with Crippen molar-refractivity contribution in [2.24, 2.45) is 28.7 Å². The van der Waals surface area contributed by atoms with E-state index in [-0.39, 0.29) is 58.0 Å². The van der Waals surface area contributed by atoms with Crippen LogP contribution in [0.2, 0.25) is 0 Å². The number of nitrogens with two attached hydrogens (primary N) is 5. The monoisotopic (exact) mass is 1520 g/mol. The molecule has 0 spiro atoms. The minimum Gasteiger partial charge on any atom is -0.480 e. The van der Waals surface area contributed by atoms with Gasteiger partial charge in [0.25, 0.3) is 0 Å². The van der Waals surface area contributed by atoms with Crippen LogP contribution < -0.4 is 92.5 Å². The summed E-state index contributed by atoms with van der Waals surface area (Å²) in [6.45, 7) is 6.11. The van der Waals surface area contributed by atoms with Gasteiger partial charge in [-0.15, -0.1) is 0 Å². The Morgan fingerprint density at radius 2 is 0.877 bits per heavy atom. The second-order valence-electron chi connectivity index (χ2n) is 25.3. The molecule has 15 amide bonds.